The molecule has 0 aliphatic heterocycles. The van der Waals surface area contributed by atoms with Crippen LogP contribution in [0.2, 0.25) is 0 Å². The minimum absolute atomic E-state index is 0.0899. The fraction of sp³-hybridized carbons (Fsp3) is 0.579. The van der Waals surface area contributed by atoms with E-state index in [1.165, 1.54) is 0 Å². The van der Waals surface area contributed by atoms with Crippen molar-refractivity contribution >= 4 is 22.9 Å². The predicted octanol–water partition coefficient (Wildman–Crippen LogP) is 2.82. The lowest BCUT2D eigenvalue weighted by atomic mass is 10.2. The van der Waals surface area contributed by atoms with Gasteiger partial charge in [0, 0.05) is 30.7 Å². The van der Waals surface area contributed by atoms with Crippen molar-refractivity contribution in [1.29, 1.82) is 0 Å². The molecule has 7 heteroatoms. The van der Waals surface area contributed by atoms with Crippen LogP contribution in [0.4, 0.5) is 0 Å². The van der Waals surface area contributed by atoms with E-state index < -0.39 is 0 Å². The zero-order valence-corrected chi connectivity index (χ0v) is 15.6. The summed E-state index contributed by atoms with van der Waals surface area (Å²) in [6, 6.07) is 2.04. The van der Waals surface area contributed by atoms with E-state index >= 15 is 0 Å². The Morgan fingerprint density at radius 1 is 1.35 bits per heavy atom. The summed E-state index contributed by atoms with van der Waals surface area (Å²) in [7, 11) is 0. The first-order chi connectivity index (χ1) is 12.5. The lowest BCUT2D eigenvalue weighted by molar-refractivity contribution is -0.143. The van der Waals surface area contributed by atoms with Crippen molar-refractivity contribution < 1.29 is 14.3 Å². The van der Waals surface area contributed by atoms with Crippen LogP contribution in [0.25, 0.3) is 11.0 Å². The van der Waals surface area contributed by atoms with Gasteiger partial charge in [-0.15, -0.1) is 0 Å². The van der Waals surface area contributed by atoms with Gasteiger partial charge in [-0.05, 0) is 45.6 Å². The Morgan fingerprint density at radius 2 is 2.12 bits per heavy atom. The quantitative estimate of drug-likeness (QED) is 0.678. The molecule has 0 aromatic carbocycles. The molecule has 1 amide bonds. The molecular weight excluding hydrogens is 332 g/mol. The molecular formula is C19H26N4O3. The topological polar surface area (TPSA) is 77.3 Å². The van der Waals surface area contributed by atoms with Crippen molar-refractivity contribution in [3.05, 3.63) is 24.0 Å². The first kappa shape index (κ1) is 18.4. The summed E-state index contributed by atoms with van der Waals surface area (Å²) >= 11 is 0. The molecule has 0 radical (unpaired) electrons. The van der Waals surface area contributed by atoms with Crippen molar-refractivity contribution in [3.8, 4) is 0 Å². The second-order valence-corrected chi connectivity index (χ2v) is 7.07. The smallest absolute Gasteiger partial charge is 0.307 e. The van der Waals surface area contributed by atoms with Crippen molar-refractivity contribution in [1.82, 2.24) is 19.7 Å². The normalized spacial score (nSPS) is 14.0. The van der Waals surface area contributed by atoms with Crippen LogP contribution in [0.3, 0.4) is 0 Å². The summed E-state index contributed by atoms with van der Waals surface area (Å²) in [6.45, 7) is 7.28. The SMILES string of the molecule is CCOC(=O)CCN(CC1CC1)C(=O)c1cnc2c(cnn2C(C)C)c1. The predicted molar refractivity (Wildman–Crippen MR) is 97.8 cm³/mol. The Labute approximate surface area is 153 Å². The molecule has 0 unspecified atom stereocenters. The Hall–Kier alpha value is -2.44. The Kier molecular flexibility index (Phi) is 5.54. The van der Waals surface area contributed by atoms with Crippen LogP contribution in [-0.2, 0) is 9.53 Å². The minimum atomic E-state index is -0.270. The number of rotatable bonds is 8. The fourth-order valence-electron chi connectivity index (χ4n) is 2.96. The molecule has 26 heavy (non-hydrogen) atoms. The number of hydrogen-bond acceptors (Lipinski definition) is 5. The number of carbonyl (C=O) groups excluding carboxylic acids is 2. The van der Waals surface area contributed by atoms with E-state index in [2.05, 4.69) is 10.1 Å². The maximum atomic E-state index is 13.0. The molecule has 1 aliphatic rings. The van der Waals surface area contributed by atoms with Crippen LogP contribution in [0, 0.1) is 5.92 Å². The third kappa shape index (κ3) is 4.20. The van der Waals surface area contributed by atoms with Gasteiger partial charge in [0.2, 0.25) is 0 Å². The molecule has 1 fully saturated rings. The van der Waals surface area contributed by atoms with Crippen molar-refractivity contribution in [2.75, 3.05) is 19.7 Å². The van der Waals surface area contributed by atoms with Gasteiger partial charge in [0.25, 0.3) is 5.91 Å². The summed E-state index contributed by atoms with van der Waals surface area (Å²) in [6.07, 6.45) is 5.84. The molecule has 2 heterocycles. The van der Waals surface area contributed by atoms with Crippen LogP contribution >= 0.6 is 0 Å². The highest BCUT2D eigenvalue weighted by atomic mass is 16.5. The van der Waals surface area contributed by atoms with E-state index in [1.807, 2.05) is 24.6 Å². The third-order valence-electron chi connectivity index (χ3n) is 4.52. The number of pyridine rings is 1. The van der Waals surface area contributed by atoms with Gasteiger partial charge in [-0.3, -0.25) is 9.59 Å². The van der Waals surface area contributed by atoms with Gasteiger partial charge in [0.1, 0.15) is 0 Å². The minimum Gasteiger partial charge on any atom is -0.466 e. The van der Waals surface area contributed by atoms with Gasteiger partial charge in [0.05, 0.1) is 24.8 Å². The third-order valence-corrected chi connectivity index (χ3v) is 4.52. The first-order valence-corrected chi connectivity index (χ1v) is 9.27. The largest absolute Gasteiger partial charge is 0.466 e. The van der Waals surface area contributed by atoms with Gasteiger partial charge < -0.3 is 9.64 Å². The van der Waals surface area contributed by atoms with Crippen molar-refractivity contribution in [2.45, 2.75) is 46.1 Å². The summed E-state index contributed by atoms with van der Waals surface area (Å²) in [4.78, 5) is 30.8. The van der Waals surface area contributed by atoms with Crippen LogP contribution in [0.15, 0.2) is 18.5 Å². The second kappa shape index (κ2) is 7.85. The number of nitrogens with zero attached hydrogens (tertiary/aromatic N) is 4. The standard InChI is InChI=1S/C19H26N4O3/c1-4-26-17(24)7-8-22(12-14-5-6-14)19(25)16-9-15-11-21-23(13(2)3)18(15)20-10-16/h9-11,13-14H,4-8,12H2,1-3H3. The summed E-state index contributed by atoms with van der Waals surface area (Å²) in [5.74, 6) is 0.183. The maximum absolute atomic E-state index is 13.0. The van der Waals surface area contributed by atoms with Crippen LogP contribution in [0.1, 0.15) is 56.4 Å². The van der Waals surface area contributed by atoms with E-state index in [9.17, 15) is 9.59 Å². The monoisotopic (exact) mass is 358 g/mol. The molecule has 140 valence electrons. The number of ether oxygens (including phenoxy) is 1. The van der Waals surface area contributed by atoms with Crippen LogP contribution in [-0.4, -0.2) is 51.2 Å². The highest BCUT2D eigenvalue weighted by Gasteiger charge is 2.28. The maximum Gasteiger partial charge on any atom is 0.307 e. The van der Waals surface area contributed by atoms with Gasteiger partial charge in [-0.2, -0.15) is 5.10 Å². The molecule has 7 nitrogen and oxygen atoms in total. The lowest BCUT2D eigenvalue weighted by Crippen LogP contribution is -2.35. The lowest BCUT2D eigenvalue weighted by Gasteiger charge is -2.22. The molecule has 0 spiro atoms. The summed E-state index contributed by atoms with van der Waals surface area (Å²) in [5.41, 5.74) is 1.31. The van der Waals surface area contributed by atoms with E-state index in [0.717, 1.165) is 23.9 Å². The molecule has 3 rings (SSSR count). The summed E-state index contributed by atoms with van der Waals surface area (Å²) in [5, 5.41) is 5.20. The first-order valence-electron chi connectivity index (χ1n) is 9.27. The highest BCUT2D eigenvalue weighted by molar-refractivity contribution is 5.97. The average molecular weight is 358 g/mol. The number of amides is 1. The van der Waals surface area contributed by atoms with Crippen LogP contribution in [0.5, 0.6) is 0 Å². The number of carbonyl (C=O) groups is 2. The highest BCUT2D eigenvalue weighted by Crippen LogP contribution is 2.30. The van der Waals surface area contributed by atoms with E-state index in [0.29, 0.717) is 31.2 Å². The average Bonchev–Trinajstić information content (AvgIpc) is 3.33. The van der Waals surface area contributed by atoms with Gasteiger partial charge in [-0.25, -0.2) is 9.67 Å². The van der Waals surface area contributed by atoms with E-state index in [-0.39, 0.29) is 24.3 Å². The molecule has 2 aromatic heterocycles. The van der Waals surface area contributed by atoms with Crippen molar-refractivity contribution in [2.24, 2.45) is 5.92 Å². The number of esters is 1. The van der Waals surface area contributed by atoms with E-state index in [4.69, 9.17) is 4.74 Å². The molecule has 0 saturated heterocycles. The Balaban J connectivity index is 1.76. The van der Waals surface area contributed by atoms with Crippen LogP contribution < -0.4 is 0 Å². The molecule has 2 aromatic rings. The molecule has 1 saturated carbocycles. The Bertz CT molecular complexity index is 795. The van der Waals surface area contributed by atoms with E-state index in [1.54, 1.807) is 24.2 Å². The summed E-state index contributed by atoms with van der Waals surface area (Å²) < 4.78 is 6.82. The number of fused-ring (bicyclic) bond motifs is 1. The zero-order chi connectivity index (χ0) is 18.7. The number of hydrogen-bond donors (Lipinski definition) is 0. The molecule has 0 N–H and O–H groups in total. The fourth-order valence-corrected chi connectivity index (χ4v) is 2.96. The second-order valence-electron chi connectivity index (χ2n) is 7.07. The number of aromatic nitrogens is 3. The van der Waals surface area contributed by atoms with Crippen molar-refractivity contribution in [3.63, 3.8) is 0 Å². The van der Waals surface area contributed by atoms with Gasteiger partial charge >= 0.3 is 5.97 Å². The molecule has 0 bridgehead atoms. The zero-order valence-electron chi connectivity index (χ0n) is 15.6. The molecule has 0 atom stereocenters. The van der Waals surface area contributed by atoms with Gasteiger partial charge in [-0.1, -0.05) is 0 Å². The Morgan fingerprint density at radius 3 is 2.77 bits per heavy atom. The molecule has 1 aliphatic carbocycles. The van der Waals surface area contributed by atoms with Gasteiger partial charge in [0.15, 0.2) is 5.65 Å².